The largest absolute Gasteiger partial charge is 0.447 e. The standard InChI is InChI=1S/C20H20ClN7O4/c1-11(2)32-20(31)25-13-8-23-17-26-16(10-27(17)9-13)14-7-12(3-4-15(14)21)24-19(30)28-6-5-22-18(28)29/h3-4,7-11H,5-6H2,1-2H3,(H,22,29)(H,24,30)(H,25,31). The summed E-state index contributed by atoms with van der Waals surface area (Å²) in [6.45, 7) is 4.22. The average Bonchev–Trinajstić information content (AvgIpc) is 3.34. The number of hydrogen-bond donors (Lipinski definition) is 3. The Morgan fingerprint density at radius 3 is 2.75 bits per heavy atom. The van der Waals surface area contributed by atoms with Gasteiger partial charge in [0, 0.05) is 36.7 Å². The molecule has 3 heterocycles. The van der Waals surface area contributed by atoms with Gasteiger partial charge in [0.1, 0.15) is 0 Å². The van der Waals surface area contributed by atoms with E-state index in [1.54, 1.807) is 48.8 Å². The lowest BCUT2D eigenvalue weighted by Gasteiger charge is -2.14. The van der Waals surface area contributed by atoms with Gasteiger partial charge in [0.15, 0.2) is 0 Å². The summed E-state index contributed by atoms with van der Waals surface area (Å²) in [7, 11) is 0. The Labute approximate surface area is 187 Å². The highest BCUT2D eigenvalue weighted by atomic mass is 35.5. The maximum atomic E-state index is 12.3. The second-order valence-corrected chi connectivity index (χ2v) is 7.67. The lowest BCUT2D eigenvalue weighted by molar-refractivity contribution is 0.130. The molecule has 1 aliphatic heterocycles. The van der Waals surface area contributed by atoms with Crippen LogP contribution in [0.4, 0.5) is 25.8 Å². The Hall–Kier alpha value is -3.86. The van der Waals surface area contributed by atoms with Crippen molar-refractivity contribution in [3.8, 4) is 11.3 Å². The quantitative estimate of drug-likeness (QED) is 0.549. The molecule has 11 nitrogen and oxygen atoms in total. The number of anilines is 2. The van der Waals surface area contributed by atoms with Crippen LogP contribution in [0.25, 0.3) is 17.0 Å². The number of aromatic nitrogens is 3. The molecule has 0 atom stereocenters. The van der Waals surface area contributed by atoms with Crippen LogP contribution in [0.2, 0.25) is 5.02 Å². The maximum Gasteiger partial charge on any atom is 0.411 e. The van der Waals surface area contributed by atoms with E-state index >= 15 is 0 Å². The predicted octanol–water partition coefficient (Wildman–Crippen LogP) is 3.56. The fourth-order valence-corrected chi connectivity index (χ4v) is 3.31. The maximum absolute atomic E-state index is 12.3. The predicted molar refractivity (Wildman–Crippen MR) is 118 cm³/mol. The molecule has 0 radical (unpaired) electrons. The number of urea groups is 2. The van der Waals surface area contributed by atoms with E-state index in [0.717, 1.165) is 4.90 Å². The number of ether oxygens (including phenoxy) is 1. The first-order valence-corrected chi connectivity index (χ1v) is 10.2. The summed E-state index contributed by atoms with van der Waals surface area (Å²) >= 11 is 6.36. The van der Waals surface area contributed by atoms with Gasteiger partial charge in [0.25, 0.3) is 0 Å². The third kappa shape index (κ3) is 4.57. The molecular formula is C20H20ClN7O4. The van der Waals surface area contributed by atoms with Crippen LogP contribution in [-0.2, 0) is 4.74 Å². The Morgan fingerprint density at radius 2 is 2.03 bits per heavy atom. The van der Waals surface area contributed by atoms with Gasteiger partial charge < -0.3 is 15.4 Å². The summed E-state index contributed by atoms with van der Waals surface area (Å²) in [5.74, 6) is 0.391. The minimum absolute atomic E-state index is 0.249. The Balaban J connectivity index is 1.56. The number of imidazole rings is 1. The summed E-state index contributed by atoms with van der Waals surface area (Å²) in [5, 5.41) is 8.29. The number of imide groups is 1. The van der Waals surface area contributed by atoms with Gasteiger partial charge in [-0.3, -0.25) is 9.72 Å². The molecular weight excluding hydrogens is 438 g/mol. The van der Waals surface area contributed by atoms with Gasteiger partial charge in [-0.2, -0.15) is 0 Å². The van der Waals surface area contributed by atoms with Gasteiger partial charge >= 0.3 is 18.2 Å². The molecule has 5 amide bonds. The van der Waals surface area contributed by atoms with E-state index < -0.39 is 18.2 Å². The Morgan fingerprint density at radius 1 is 1.22 bits per heavy atom. The van der Waals surface area contributed by atoms with Crippen LogP contribution in [0.5, 0.6) is 0 Å². The first-order chi connectivity index (χ1) is 15.3. The van der Waals surface area contributed by atoms with Crippen LogP contribution in [0.1, 0.15) is 13.8 Å². The Bertz CT molecular complexity index is 1210. The van der Waals surface area contributed by atoms with Gasteiger partial charge in [-0.1, -0.05) is 11.6 Å². The number of benzene rings is 1. The molecule has 0 bridgehead atoms. The smallest absolute Gasteiger partial charge is 0.411 e. The number of carbonyl (C=O) groups excluding carboxylic acids is 3. The van der Waals surface area contributed by atoms with E-state index in [-0.39, 0.29) is 6.10 Å². The zero-order chi connectivity index (χ0) is 22.8. The molecule has 1 saturated heterocycles. The normalized spacial score (nSPS) is 13.4. The van der Waals surface area contributed by atoms with Crippen LogP contribution in [0.15, 0.2) is 36.8 Å². The van der Waals surface area contributed by atoms with E-state index in [4.69, 9.17) is 16.3 Å². The van der Waals surface area contributed by atoms with Crippen molar-refractivity contribution in [1.82, 2.24) is 24.6 Å². The topological polar surface area (TPSA) is 130 Å². The second-order valence-electron chi connectivity index (χ2n) is 7.26. The molecule has 1 fully saturated rings. The minimum Gasteiger partial charge on any atom is -0.447 e. The third-order valence-electron chi connectivity index (χ3n) is 4.49. The molecule has 12 heteroatoms. The summed E-state index contributed by atoms with van der Waals surface area (Å²) in [6.07, 6.45) is 3.97. The fraction of sp³-hybridized carbons (Fsp3) is 0.250. The van der Waals surface area contributed by atoms with Crippen molar-refractivity contribution < 1.29 is 19.1 Å². The molecule has 1 aliphatic rings. The molecule has 166 valence electrons. The zero-order valence-corrected chi connectivity index (χ0v) is 18.0. The molecule has 0 saturated carbocycles. The van der Waals surface area contributed by atoms with Crippen molar-refractivity contribution in [3.05, 3.63) is 41.8 Å². The third-order valence-corrected chi connectivity index (χ3v) is 4.82. The van der Waals surface area contributed by atoms with Crippen LogP contribution >= 0.6 is 11.6 Å². The van der Waals surface area contributed by atoms with Crippen LogP contribution in [0, 0.1) is 0 Å². The van der Waals surface area contributed by atoms with Crippen LogP contribution in [-0.4, -0.2) is 56.6 Å². The molecule has 0 aliphatic carbocycles. The molecule has 1 aromatic carbocycles. The molecule has 0 spiro atoms. The SMILES string of the molecule is CC(C)OC(=O)Nc1cnc2nc(-c3cc(NC(=O)N4CCNC4=O)ccc3Cl)cn2c1. The van der Waals surface area contributed by atoms with Gasteiger partial charge in [-0.05, 0) is 32.0 Å². The van der Waals surface area contributed by atoms with Crippen molar-refractivity contribution in [2.24, 2.45) is 0 Å². The summed E-state index contributed by atoms with van der Waals surface area (Å²) in [4.78, 5) is 45.6. The lowest BCUT2D eigenvalue weighted by Crippen LogP contribution is -2.37. The van der Waals surface area contributed by atoms with Gasteiger partial charge in [-0.25, -0.2) is 29.3 Å². The van der Waals surface area contributed by atoms with E-state index in [1.807, 2.05) is 0 Å². The highest BCUT2D eigenvalue weighted by Crippen LogP contribution is 2.30. The molecule has 32 heavy (non-hydrogen) atoms. The van der Waals surface area contributed by atoms with E-state index in [2.05, 4.69) is 25.9 Å². The van der Waals surface area contributed by atoms with E-state index in [0.29, 0.717) is 46.5 Å². The van der Waals surface area contributed by atoms with E-state index in [9.17, 15) is 14.4 Å². The van der Waals surface area contributed by atoms with Crippen molar-refractivity contribution in [1.29, 1.82) is 0 Å². The monoisotopic (exact) mass is 457 g/mol. The van der Waals surface area contributed by atoms with Crippen LogP contribution < -0.4 is 16.0 Å². The number of rotatable bonds is 4. The molecule has 2 aromatic heterocycles. The first-order valence-electron chi connectivity index (χ1n) is 9.79. The number of amides is 5. The number of hydrogen-bond acceptors (Lipinski definition) is 6. The average molecular weight is 458 g/mol. The number of nitrogens with zero attached hydrogens (tertiary/aromatic N) is 4. The lowest BCUT2D eigenvalue weighted by atomic mass is 10.1. The first kappa shape index (κ1) is 21.4. The van der Waals surface area contributed by atoms with E-state index in [1.165, 1.54) is 6.20 Å². The molecule has 3 aromatic rings. The van der Waals surface area contributed by atoms with Crippen molar-refractivity contribution in [2.45, 2.75) is 20.0 Å². The highest BCUT2D eigenvalue weighted by molar-refractivity contribution is 6.33. The molecule has 0 unspecified atom stereocenters. The number of carbonyl (C=O) groups is 3. The summed E-state index contributed by atoms with van der Waals surface area (Å²) in [5.41, 5.74) is 1.97. The highest BCUT2D eigenvalue weighted by Gasteiger charge is 2.26. The summed E-state index contributed by atoms with van der Waals surface area (Å²) < 4.78 is 6.70. The summed E-state index contributed by atoms with van der Waals surface area (Å²) in [6, 6.07) is 3.95. The van der Waals surface area contributed by atoms with Gasteiger partial charge in [0.05, 0.1) is 28.7 Å². The zero-order valence-electron chi connectivity index (χ0n) is 17.3. The Kier molecular flexibility index (Phi) is 5.82. The van der Waals surface area contributed by atoms with Crippen molar-refractivity contribution >= 4 is 46.9 Å². The van der Waals surface area contributed by atoms with Gasteiger partial charge in [0.2, 0.25) is 5.78 Å². The number of nitrogens with one attached hydrogen (secondary N) is 3. The van der Waals surface area contributed by atoms with Gasteiger partial charge in [-0.15, -0.1) is 0 Å². The minimum atomic E-state index is -0.584. The molecule has 4 rings (SSSR count). The molecule has 3 N–H and O–H groups in total. The van der Waals surface area contributed by atoms with Crippen molar-refractivity contribution in [3.63, 3.8) is 0 Å². The second kappa shape index (κ2) is 8.71. The van der Waals surface area contributed by atoms with Crippen molar-refractivity contribution in [2.75, 3.05) is 23.7 Å². The number of fused-ring (bicyclic) bond motifs is 1. The van der Waals surface area contributed by atoms with Crippen LogP contribution in [0.3, 0.4) is 0 Å². The fourth-order valence-electron chi connectivity index (χ4n) is 3.10. The number of halogens is 1.